The van der Waals surface area contributed by atoms with E-state index >= 15 is 0 Å². The Labute approximate surface area is 133 Å². The number of halogens is 1. The third kappa shape index (κ3) is 4.25. The summed E-state index contributed by atoms with van der Waals surface area (Å²) < 4.78 is 2.60. The smallest absolute Gasteiger partial charge is 0.266 e. The van der Waals surface area contributed by atoms with Crippen LogP contribution in [0.3, 0.4) is 0 Å². The molecule has 2 rings (SSSR count). The Hall–Kier alpha value is -1.46. The maximum atomic E-state index is 11.9. The van der Waals surface area contributed by atoms with E-state index in [1.54, 1.807) is 16.8 Å². The number of nitrogens with zero attached hydrogens (tertiary/aromatic N) is 2. The van der Waals surface area contributed by atoms with Gasteiger partial charge in [-0.05, 0) is 32.0 Å². The van der Waals surface area contributed by atoms with Gasteiger partial charge in [-0.15, -0.1) is 0 Å². The Morgan fingerprint density at radius 2 is 1.76 bits per heavy atom. The number of nitrogens with one attached hydrogen (secondary N) is 1. The summed E-state index contributed by atoms with van der Waals surface area (Å²) in [6, 6.07) is 11.3. The molecule has 0 spiro atoms. The van der Waals surface area contributed by atoms with Gasteiger partial charge >= 0.3 is 0 Å². The second-order valence-electron chi connectivity index (χ2n) is 4.99. The summed E-state index contributed by atoms with van der Waals surface area (Å²) in [6.45, 7) is 8.03. The first-order valence-corrected chi connectivity index (χ1v) is 8.11. The van der Waals surface area contributed by atoms with E-state index in [1.165, 1.54) is 4.90 Å². The Morgan fingerprint density at radius 1 is 1.10 bits per heavy atom. The molecule has 1 aromatic carbocycles. The van der Waals surface area contributed by atoms with E-state index < -0.39 is 0 Å². The average Bonchev–Trinajstić information content (AvgIpc) is 2.51. The predicted molar refractivity (Wildman–Crippen MR) is 88.5 cm³/mol. The lowest BCUT2D eigenvalue weighted by atomic mass is 10.1. The van der Waals surface area contributed by atoms with Gasteiger partial charge in [-0.3, -0.25) is 4.79 Å². The standard InChI is InChI=1S/C16H20BrN3O/c1-3-19(4-2)11-12-20-16(21)10-9-15(18-20)13-5-7-14(17)8-6-13/h5-10H,3-4,11-12H2,1-2H3/p+1. The molecule has 1 heterocycles. The molecule has 0 aliphatic carbocycles. The van der Waals surface area contributed by atoms with Gasteiger partial charge in [-0.25, -0.2) is 4.68 Å². The Morgan fingerprint density at radius 3 is 2.38 bits per heavy atom. The fourth-order valence-electron chi connectivity index (χ4n) is 2.25. The van der Waals surface area contributed by atoms with Crippen LogP contribution in [0.4, 0.5) is 0 Å². The van der Waals surface area contributed by atoms with Crippen LogP contribution in [0.5, 0.6) is 0 Å². The molecule has 0 saturated heterocycles. The zero-order chi connectivity index (χ0) is 15.2. The molecule has 0 bridgehead atoms. The molecule has 0 atom stereocenters. The van der Waals surface area contributed by atoms with Crippen molar-refractivity contribution in [3.63, 3.8) is 0 Å². The molecule has 0 aliphatic heterocycles. The highest BCUT2D eigenvalue weighted by molar-refractivity contribution is 9.10. The van der Waals surface area contributed by atoms with Crippen molar-refractivity contribution >= 4 is 15.9 Å². The fourth-order valence-corrected chi connectivity index (χ4v) is 2.52. The number of benzene rings is 1. The molecule has 0 radical (unpaired) electrons. The Kier molecular flexibility index (Phi) is 5.70. The third-order valence-corrected chi connectivity index (χ3v) is 4.21. The normalized spacial score (nSPS) is 11.0. The van der Waals surface area contributed by atoms with Gasteiger partial charge in [0, 0.05) is 16.1 Å². The van der Waals surface area contributed by atoms with Gasteiger partial charge < -0.3 is 4.90 Å². The average molecular weight is 351 g/mol. The first-order chi connectivity index (χ1) is 10.1. The van der Waals surface area contributed by atoms with Crippen molar-refractivity contribution in [1.29, 1.82) is 0 Å². The quantitative estimate of drug-likeness (QED) is 0.859. The zero-order valence-electron chi connectivity index (χ0n) is 12.5. The van der Waals surface area contributed by atoms with Gasteiger partial charge in [0.25, 0.3) is 5.56 Å². The predicted octanol–water partition coefficient (Wildman–Crippen LogP) is 1.60. The molecule has 0 aliphatic rings. The molecule has 0 unspecified atom stereocenters. The van der Waals surface area contributed by atoms with Crippen LogP contribution in [0.2, 0.25) is 0 Å². The van der Waals surface area contributed by atoms with E-state index in [0.29, 0.717) is 6.54 Å². The Bertz CT molecular complexity index is 633. The lowest BCUT2D eigenvalue weighted by Crippen LogP contribution is -3.11. The number of aromatic nitrogens is 2. The molecule has 21 heavy (non-hydrogen) atoms. The van der Waals surface area contributed by atoms with Crippen LogP contribution < -0.4 is 10.5 Å². The van der Waals surface area contributed by atoms with Crippen molar-refractivity contribution in [2.45, 2.75) is 20.4 Å². The maximum Gasteiger partial charge on any atom is 0.266 e. The summed E-state index contributed by atoms with van der Waals surface area (Å²) >= 11 is 3.42. The van der Waals surface area contributed by atoms with Crippen molar-refractivity contribution in [3.05, 3.63) is 51.2 Å². The van der Waals surface area contributed by atoms with Crippen molar-refractivity contribution < 1.29 is 4.90 Å². The van der Waals surface area contributed by atoms with Crippen LogP contribution in [0.25, 0.3) is 11.3 Å². The fraction of sp³-hybridized carbons (Fsp3) is 0.375. The minimum absolute atomic E-state index is 0.0394. The van der Waals surface area contributed by atoms with Crippen LogP contribution >= 0.6 is 15.9 Å². The summed E-state index contributed by atoms with van der Waals surface area (Å²) in [6.07, 6.45) is 0. The highest BCUT2D eigenvalue weighted by Crippen LogP contribution is 2.18. The van der Waals surface area contributed by atoms with Crippen LogP contribution in [0.15, 0.2) is 45.7 Å². The molecule has 0 fully saturated rings. The van der Waals surface area contributed by atoms with Gasteiger partial charge in [0.15, 0.2) is 0 Å². The molecule has 1 N–H and O–H groups in total. The molecule has 0 amide bonds. The largest absolute Gasteiger partial charge is 0.334 e. The van der Waals surface area contributed by atoms with Gasteiger partial charge in [-0.1, -0.05) is 28.1 Å². The topological polar surface area (TPSA) is 39.3 Å². The molecule has 112 valence electrons. The van der Waals surface area contributed by atoms with Gasteiger partial charge in [0.1, 0.15) is 0 Å². The molecule has 0 saturated carbocycles. The molecular weight excluding hydrogens is 330 g/mol. The van der Waals surface area contributed by atoms with Crippen LogP contribution in [-0.4, -0.2) is 29.4 Å². The number of likely N-dealkylation sites (N-methyl/N-ethyl adjacent to an activating group) is 1. The third-order valence-electron chi connectivity index (χ3n) is 3.68. The number of hydrogen-bond donors (Lipinski definition) is 1. The zero-order valence-corrected chi connectivity index (χ0v) is 14.1. The minimum atomic E-state index is -0.0394. The van der Waals surface area contributed by atoms with E-state index in [-0.39, 0.29) is 5.56 Å². The van der Waals surface area contributed by atoms with Crippen molar-refractivity contribution in [2.24, 2.45) is 0 Å². The molecule has 4 nitrogen and oxygen atoms in total. The lowest BCUT2D eigenvalue weighted by molar-refractivity contribution is -0.897. The van der Waals surface area contributed by atoms with E-state index in [0.717, 1.165) is 35.4 Å². The molecule has 2 aromatic rings. The summed E-state index contributed by atoms with van der Waals surface area (Å²) in [4.78, 5) is 13.4. The van der Waals surface area contributed by atoms with Crippen molar-refractivity contribution in [2.75, 3.05) is 19.6 Å². The van der Waals surface area contributed by atoms with E-state index in [9.17, 15) is 4.79 Å². The summed E-state index contributed by atoms with van der Waals surface area (Å²) in [5.41, 5.74) is 1.81. The highest BCUT2D eigenvalue weighted by atomic mass is 79.9. The lowest BCUT2D eigenvalue weighted by Gasteiger charge is -2.15. The van der Waals surface area contributed by atoms with Gasteiger partial charge in [0.2, 0.25) is 0 Å². The van der Waals surface area contributed by atoms with Crippen LogP contribution in [0, 0.1) is 0 Å². The molecule has 1 aromatic heterocycles. The first-order valence-electron chi connectivity index (χ1n) is 7.31. The number of hydrogen-bond acceptors (Lipinski definition) is 2. The van der Waals surface area contributed by atoms with E-state index in [2.05, 4.69) is 34.9 Å². The summed E-state index contributed by atoms with van der Waals surface area (Å²) in [7, 11) is 0. The van der Waals surface area contributed by atoms with E-state index in [1.807, 2.05) is 24.3 Å². The minimum Gasteiger partial charge on any atom is -0.334 e. The van der Waals surface area contributed by atoms with E-state index in [4.69, 9.17) is 0 Å². The Balaban J connectivity index is 2.21. The maximum absolute atomic E-state index is 11.9. The molecule has 5 heteroatoms. The second kappa shape index (κ2) is 7.52. The second-order valence-corrected chi connectivity index (χ2v) is 5.91. The van der Waals surface area contributed by atoms with Crippen LogP contribution in [0.1, 0.15) is 13.8 Å². The number of quaternary nitrogens is 1. The monoisotopic (exact) mass is 350 g/mol. The van der Waals surface area contributed by atoms with Crippen molar-refractivity contribution in [1.82, 2.24) is 9.78 Å². The summed E-state index contributed by atoms with van der Waals surface area (Å²) in [5, 5.41) is 4.49. The van der Waals surface area contributed by atoms with Gasteiger partial charge in [0.05, 0.1) is 31.9 Å². The van der Waals surface area contributed by atoms with Gasteiger partial charge in [-0.2, -0.15) is 5.10 Å². The highest BCUT2D eigenvalue weighted by Gasteiger charge is 2.07. The molecular formula is C16H21BrN3O+. The summed E-state index contributed by atoms with van der Waals surface area (Å²) in [5.74, 6) is 0. The SMILES string of the molecule is CC[NH+](CC)CCn1nc(-c2ccc(Br)cc2)ccc1=O. The number of rotatable bonds is 6. The van der Waals surface area contributed by atoms with Crippen LogP contribution in [-0.2, 0) is 6.54 Å². The van der Waals surface area contributed by atoms with Crippen molar-refractivity contribution in [3.8, 4) is 11.3 Å². The first kappa shape index (κ1) is 15.9.